The van der Waals surface area contributed by atoms with Crippen molar-refractivity contribution in [3.8, 4) is 0 Å². The van der Waals surface area contributed by atoms with Crippen molar-refractivity contribution in [2.45, 2.75) is 143 Å². The van der Waals surface area contributed by atoms with Gasteiger partial charge in [0.25, 0.3) is 0 Å². The van der Waals surface area contributed by atoms with Crippen molar-refractivity contribution < 1.29 is 38.4 Å². The Bertz CT molecular complexity index is 2660. The molecule has 0 spiro atoms. The van der Waals surface area contributed by atoms with Crippen molar-refractivity contribution in [3.63, 3.8) is 0 Å². The summed E-state index contributed by atoms with van der Waals surface area (Å²) in [6.07, 6.45) is 1.73. The first-order valence-electron chi connectivity index (χ1n) is 28.9. The lowest BCUT2D eigenvalue weighted by Gasteiger charge is -2.28. The normalized spacial score (nSPS) is 13.3. The van der Waals surface area contributed by atoms with Gasteiger partial charge in [0.05, 0.1) is 6.04 Å². The van der Waals surface area contributed by atoms with Crippen molar-refractivity contribution in [2.24, 2.45) is 127 Å². The summed E-state index contributed by atoms with van der Waals surface area (Å²) in [5, 5.41) is 19.2. The van der Waals surface area contributed by atoms with E-state index in [4.69, 9.17) is 91.7 Å². The minimum absolute atomic E-state index is 0.00188. The van der Waals surface area contributed by atoms with Gasteiger partial charge < -0.3 is 129 Å². The van der Waals surface area contributed by atoms with Crippen molar-refractivity contribution >= 4 is 111 Å². The number of nitrogens with two attached hydrogens (primary N) is 16. The first-order chi connectivity index (χ1) is 43.1. The smallest absolute Gasteiger partial charge is 0.243 e. The van der Waals surface area contributed by atoms with Gasteiger partial charge in [-0.3, -0.25) is 73.3 Å². The van der Waals surface area contributed by atoms with Gasteiger partial charge in [-0.1, -0.05) is 16.9 Å². The highest BCUT2D eigenvalue weighted by molar-refractivity contribution is 8.76. The third kappa shape index (κ3) is 38.5. The summed E-state index contributed by atoms with van der Waals surface area (Å²) in [6, 6.07) is -5.57. The fourth-order valence-corrected chi connectivity index (χ4v) is 10.0. The second kappa shape index (κ2) is 45.7. The molecule has 0 saturated heterocycles. The SMILES string of the molecule is NC(=O)[C@H](CCCN=C(N)N)NC(=O)[C@H](CCCN=C(N)N)NC(=O)[C@H](CCCN=C(N)N)NC(=O)[C@H](CCCN=C(N)N)NC(=O)[C@H](CCCN=C(N)N)NC(=O)[C@H](CCCN=C(N)N)NC(=O)[C@H](CCCN=C(N)N)NC(=O)[C@@H](N)CSSc1ccccn1. The van der Waals surface area contributed by atoms with E-state index < -0.39 is 95.6 Å². The third-order valence-corrected chi connectivity index (χ3v) is 14.7. The first-order valence-corrected chi connectivity index (χ1v) is 31.2. The molecule has 0 radical (unpaired) electrons. The fourth-order valence-electron chi connectivity index (χ4n) is 7.98. The van der Waals surface area contributed by atoms with Crippen LogP contribution in [-0.2, 0) is 38.4 Å². The van der Waals surface area contributed by atoms with E-state index in [2.05, 4.69) is 77.1 Å². The van der Waals surface area contributed by atoms with E-state index in [1.807, 2.05) is 0 Å². The molecule has 8 amide bonds. The van der Waals surface area contributed by atoms with Crippen LogP contribution >= 0.6 is 21.6 Å². The average molecular weight is 1320 g/mol. The lowest BCUT2D eigenvalue weighted by molar-refractivity contribution is -0.136. The van der Waals surface area contributed by atoms with E-state index in [0.717, 1.165) is 0 Å². The summed E-state index contributed by atoms with van der Waals surface area (Å²) < 4.78 is 0. The van der Waals surface area contributed by atoms with Crippen LogP contribution in [0.4, 0.5) is 0 Å². The number of carbonyl (C=O) groups excluding carboxylic acids is 8. The Balaban J connectivity index is 3.82. The summed E-state index contributed by atoms with van der Waals surface area (Å²) in [7, 11) is 2.56. The molecule has 510 valence electrons. The molecular formula is C50H95N31O8S2. The van der Waals surface area contributed by atoms with Crippen LogP contribution in [-0.4, -0.2) is 194 Å². The molecule has 0 aliphatic heterocycles. The molecule has 1 rings (SSSR count). The van der Waals surface area contributed by atoms with Gasteiger partial charge in [0, 0.05) is 57.8 Å². The molecule has 8 atom stereocenters. The van der Waals surface area contributed by atoms with Gasteiger partial charge in [-0.2, -0.15) is 0 Å². The molecular weight excluding hydrogens is 1230 g/mol. The molecule has 1 aromatic heterocycles. The number of primary amides is 1. The van der Waals surface area contributed by atoms with Gasteiger partial charge in [-0.15, -0.1) is 0 Å². The zero-order valence-electron chi connectivity index (χ0n) is 50.9. The van der Waals surface area contributed by atoms with Crippen molar-refractivity contribution in [2.75, 3.05) is 51.6 Å². The molecule has 0 unspecified atom stereocenters. The maximum atomic E-state index is 14.7. The molecule has 0 fully saturated rings. The van der Waals surface area contributed by atoms with Crippen molar-refractivity contribution in [3.05, 3.63) is 24.4 Å². The first kappa shape index (κ1) is 79.5. The average Bonchev–Trinajstić information content (AvgIpc) is 2.29. The van der Waals surface area contributed by atoms with Gasteiger partial charge in [0.2, 0.25) is 47.3 Å². The highest BCUT2D eigenvalue weighted by atomic mass is 33.1. The van der Waals surface area contributed by atoms with Crippen LogP contribution in [0.1, 0.15) is 89.9 Å². The van der Waals surface area contributed by atoms with Gasteiger partial charge in [0.15, 0.2) is 41.7 Å². The zero-order chi connectivity index (χ0) is 68.3. The number of aliphatic imine (C=N–C) groups is 7. The molecule has 0 aliphatic rings. The highest BCUT2D eigenvalue weighted by Gasteiger charge is 2.34. The van der Waals surface area contributed by atoms with Crippen LogP contribution in [0.2, 0.25) is 0 Å². The minimum atomic E-state index is -1.50. The van der Waals surface area contributed by atoms with Crippen molar-refractivity contribution in [1.29, 1.82) is 0 Å². The summed E-state index contributed by atoms with van der Waals surface area (Å²) in [5.74, 6) is -8.50. The standard InChI is InChI=1S/C50H95N31O8S2/c51-27(26-90-91-35-17-1-2-18-67-35)37(83)76-29(11-4-20-69-45(55)56)39(85)78-31(13-6-22-71-47(59)60)41(87)80-33(15-8-24-73-49(63)64)43(89)81-34(16-9-25-74-50(65)66)42(88)79-32(14-7-23-72-48(61)62)40(86)77-30(12-5-21-70-46(57)58)38(84)75-28(36(52)82)10-3-19-68-44(53)54/h1-2,17-18,27-34H,3-16,19-26,51H2,(H2,52,82)(H,75,84)(H,76,83)(H,77,86)(H,78,85)(H,79,88)(H,80,87)(H,81,89)(H4,53,54,68)(H4,55,56,69)(H4,57,58,70)(H4,59,60,71)(H4,61,62,72)(H4,63,64,73)(H4,65,66,74)/t27-,28-,29-,30-,31-,32-,33-,34-/m0/s1. The molecule has 39 N–H and O–H groups in total. The second-order valence-corrected chi connectivity index (χ2v) is 22.5. The predicted molar refractivity (Wildman–Crippen MR) is 353 cm³/mol. The Kier molecular flexibility index (Phi) is 39.9. The minimum Gasteiger partial charge on any atom is -0.370 e. The molecule has 0 aliphatic carbocycles. The third-order valence-electron chi connectivity index (χ3n) is 12.4. The Hall–Kier alpha value is -9.54. The monoisotopic (exact) mass is 1320 g/mol. The number of carbonyl (C=O) groups is 8. The Morgan fingerprint density at radius 1 is 0.352 bits per heavy atom. The lowest BCUT2D eigenvalue weighted by atomic mass is 10.0. The summed E-state index contributed by atoms with van der Waals surface area (Å²) in [4.78, 5) is 145. The summed E-state index contributed by atoms with van der Waals surface area (Å²) in [5.41, 5.74) is 89.4. The van der Waals surface area contributed by atoms with E-state index in [9.17, 15) is 38.4 Å². The maximum absolute atomic E-state index is 14.7. The molecule has 0 saturated carbocycles. The van der Waals surface area contributed by atoms with Crippen LogP contribution < -0.4 is 129 Å². The van der Waals surface area contributed by atoms with E-state index in [0.29, 0.717) is 5.03 Å². The van der Waals surface area contributed by atoms with Crippen LogP contribution in [0.3, 0.4) is 0 Å². The number of hydrogen-bond donors (Lipinski definition) is 23. The van der Waals surface area contributed by atoms with E-state index in [1.165, 1.54) is 21.6 Å². The molecule has 41 heteroatoms. The molecule has 91 heavy (non-hydrogen) atoms. The number of aromatic nitrogens is 1. The second-order valence-electron chi connectivity index (χ2n) is 20.1. The fraction of sp³-hybridized carbons (Fsp3) is 0.600. The molecule has 0 bridgehead atoms. The predicted octanol–water partition coefficient (Wildman–Crippen LogP) is -9.60. The maximum Gasteiger partial charge on any atom is 0.243 e. The van der Waals surface area contributed by atoms with E-state index in [-0.39, 0.29) is 183 Å². The number of amides is 8. The van der Waals surface area contributed by atoms with Crippen molar-refractivity contribution in [1.82, 2.24) is 42.2 Å². The number of nitrogens with one attached hydrogen (secondary N) is 7. The largest absolute Gasteiger partial charge is 0.370 e. The molecule has 39 nitrogen and oxygen atoms in total. The van der Waals surface area contributed by atoms with Gasteiger partial charge in [0.1, 0.15) is 47.3 Å². The lowest BCUT2D eigenvalue weighted by Crippen LogP contribution is -2.60. The number of pyridine rings is 1. The van der Waals surface area contributed by atoms with Gasteiger partial charge in [-0.05, 0) is 113 Å². The Morgan fingerprint density at radius 3 is 0.802 bits per heavy atom. The van der Waals surface area contributed by atoms with Gasteiger partial charge in [-0.25, -0.2) is 4.98 Å². The number of rotatable bonds is 47. The van der Waals surface area contributed by atoms with Crippen LogP contribution in [0, 0.1) is 0 Å². The van der Waals surface area contributed by atoms with Crippen LogP contribution in [0.15, 0.2) is 64.4 Å². The van der Waals surface area contributed by atoms with Crippen LogP contribution in [0.5, 0.6) is 0 Å². The Morgan fingerprint density at radius 2 is 0.582 bits per heavy atom. The number of nitrogens with zero attached hydrogens (tertiary/aromatic N) is 8. The summed E-state index contributed by atoms with van der Waals surface area (Å²) in [6.45, 7) is 0.118. The number of hydrogen-bond acceptors (Lipinski definition) is 19. The molecule has 0 aromatic carbocycles. The molecule has 1 aromatic rings. The zero-order valence-corrected chi connectivity index (χ0v) is 52.5. The Labute approximate surface area is 535 Å². The topological polar surface area (TPSA) is 736 Å². The summed E-state index contributed by atoms with van der Waals surface area (Å²) >= 11 is 0. The van der Waals surface area contributed by atoms with E-state index >= 15 is 0 Å². The highest BCUT2D eigenvalue weighted by Crippen LogP contribution is 2.29. The van der Waals surface area contributed by atoms with Gasteiger partial charge >= 0.3 is 0 Å². The number of guanidine groups is 7. The quantitative estimate of drug-likeness (QED) is 0.0125. The molecule has 1 heterocycles. The van der Waals surface area contributed by atoms with Crippen LogP contribution in [0.25, 0.3) is 0 Å². The van der Waals surface area contributed by atoms with E-state index in [1.54, 1.807) is 24.4 Å².